The van der Waals surface area contributed by atoms with E-state index >= 15 is 0 Å². The first-order valence-corrected chi connectivity index (χ1v) is 19.9. The van der Waals surface area contributed by atoms with Gasteiger partial charge in [0.25, 0.3) is 0 Å². The molecule has 0 radical (unpaired) electrons. The number of rotatable bonds is 9. The average molecular weight is 339 g/mol. The lowest BCUT2D eigenvalue weighted by atomic mass is 11.6. The Hall–Kier alpha value is 0.748. The van der Waals surface area contributed by atoms with Crippen molar-refractivity contribution < 1.29 is 13.3 Å². The van der Waals surface area contributed by atoms with Gasteiger partial charge in [-0.3, -0.25) is 0 Å². The van der Waals surface area contributed by atoms with Gasteiger partial charge < -0.3 is 13.3 Å². The largest absolute Gasteiger partial charge is 0.421 e. The minimum absolute atomic E-state index is 0.907. The van der Waals surface area contributed by atoms with Gasteiger partial charge in [-0.05, 0) is 58.9 Å². The molecular formula is C12H34O3Si4. The van der Waals surface area contributed by atoms with E-state index in [1.54, 1.807) is 0 Å². The highest BCUT2D eigenvalue weighted by Crippen LogP contribution is 2.09. The zero-order chi connectivity index (χ0) is 15.3. The fourth-order valence-corrected chi connectivity index (χ4v) is 10.4. The van der Waals surface area contributed by atoms with Crippen LogP contribution < -0.4 is 0 Å². The molecule has 0 aliphatic rings. The summed E-state index contributed by atoms with van der Waals surface area (Å²) in [6, 6.07) is 0. The Balaban J connectivity index is 4.30. The van der Waals surface area contributed by atoms with Gasteiger partial charge >= 0.3 is 0 Å². The van der Waals surface area contributed by atoms with Gasteiger partial charge in [0.15, 0.2) is 25.0 Å². The third kappa shape index (κ3) is 15.0. The van der Waals surface area contributed by atoms with Gasteiger partial charge in [-0.15, -0.1) is 0 Å². The molecule has 0 aromatic carbocycles. The first kappa shape index (κ1) is 19.7. The summed E-state index contributed by atoms with van der Waals surface area (Å²) in [6.07, 6.45) is 2.72. The lowest BCUT2D eigenvalue weighted by Gasteiger charge is -2.27. The van der Waals surface area contributed by atoms with E-state index in [9.17, 15) is 0 Å². The maximum atomic E-state index is 6.09. The van der Waals surface area contributed by atoms with Gasteiger partial charge in [-0.1, -0.05) is 0 Å². The van der Waals surface area contributed by atoms with Crippen LogP contribution in [0.4, 0.5) is 0 Å². The van der Waals surface area contributed by atoms with Crippen molar-refractivity contribution in [3.05, 3.63) is 0 Å². The van der Waals surface area contributed by atoms with E-state index in [1.807, 2.05) is 0 Å². The molecule has 0 fully saturated rings. The van der Waals surface area contributed by atoms with Gasteiger partial charge in [-0.2, -0.15) is 0 Å². The summed E-state index contributed by atoms with van der Waals surface area (Å²) < 4.78 is 18.3. The molecule has 7 heteroatoms. The number of hydrogen-bond donors (Lipinski definition) is 0. The Morgan fingerprint density at radius 1 is 0.526 bits per heavy atom. The quantitative estimate of drug-likeness (QED) is 0.603. The second-order valence-corrected chi connectivity index (χ2v) is 24.4. The maximum Gasteiger partial charge on any atom is 0.183 e. The molecule has 116 valence electrons. The summed E-state index contributed by atoms with van der Waals surface area (Å²) in [6.45, 7) is 20.2. The van der Waals surface area contributed by atoms with Gasteiger partial charge in [0, 0.05) is 18.7 Å². The SMILES string of the molecule is C[Si](C)(C)OC[SiH](CO[Si](C)(C)C)CO[Si](C)(C)C. The Morgan fingerprint density at radius 3 is 0.895 bits per heavy atom. The maximum absolute atomic E-state index is 6.09. The molecule has 0 heterocycles. The molecule has 0 spiro atoms. The normalized spacial score (nSPS) is 14.2. The van der Waals surface area contributed by atoms with Crippen molar-refractivity contribution in [2.75, 3.05) is 18.7 Å². The van der Waals surface area contributed by atoms with Crippen LogP contribution in [-0.4, -0.2) is 52.4 Å². The molecule has 0 unspecified atom stereocenters. The molecule has 0 N–H and O–H groups in total. The monoisotopic (exact) mass is 338 g/mol. The molecule has 0 aromatic heterocycles. The minimum atomic E-state index is -1.42. The minimum Gasteiger partial charge on any atom is -0.421 e. The first-order chi connectivity index (χ1) is 8.29. The van der Waals surface area contributed by atoms with E-state index in [4.69, 9.17) is 13.3 Å². The molecule has 0 amide bonds. The Labute approximate surface area is 125 Å². The van der Waals surface area contributed by atoms with Gasteiger partial charge in [0.1, 0.15) is 8.80 Å². The Bertz CT molecular complexity index is 210. The van der Waals surface area contributed by atoms with Crippen LogP contribution in [0.1, 0.15) is 0 Å². The van der Waals surface area contributed by atoms with Crippen LogP contribution in [0.25, 0.3) is 0 Å². The van der Waals surface area contributed by atoms with Crippen LogP contribution in [0.3, 0.4) is 0 Å². The fraction of sp³-hybridized carbons (Fsp3) is 1.00. The molecule has 0 bridgehead atoms. The van der Waals surface area contributed by atoms with E-state index in [-0.39, 0.29) is 0 Å². The van der Waals surface area contributed by atoms with Crippen LogP contribution in [0.2, 0.25) is 58.9 Å². The summed E-state index contributed by atoms with van der Waals surface area (Å²) in [7, 11) is -5.37. The van der Waals surface area contributed by atoms with Gasteiger partial charge in [0.05, 0.1) is 0 Å². The lowest BCUT2D eigenvalue weighted by molar-refractivity contribution is 0.317. The first-order valence-electron chi connectivity index (χ1n) is 7.20. The smallest absolute Gasteiger partial charge is 0.183 e. The molecular weight excluding hydrogens is 304 g/mol. The molecule has 0 saturated carbocycles. The summed E-state index contributed by atoms with van der Waals surface area (Å²) in [5.74, 6) is 0. The summed E-state index contributed by atoms with van der Waals surface area (Å²) in [5, 5.41) is 0. The standard InChI is InChI=1S/C12H34O3Si4/c1-17(2,3)13-10-16(11-14-18(4,5)6)12-15-19(7,8)9/h16H,10-12H2,1-9H3. The third-order valence-corrected chi connectivity index (χ3v) is 8.27. The molecule has 0 saturated heterocycles. The molecule has 0 aliphatic heterocycles. The van der Waals surface area contributed by atoms with Crippen molar-refractivity contribution in [2.24, 2.45) is 0 Å². The van der Waals surface area contributed by atoms with Crippen molar-refractivity contribution in [3.63, 3.8) is 0 Å². The van der Waals surface area contributed by atoms with Crippen LogP contribution in [0.5, 0.6) is 0 Å². The van der Waals surface area contributed by atoms with Crippen molar-refractivity contribution >= 4 is 33.7 Å². The van der Waals surface area contributed by atoms with Crippen LogP contribution >= 0.6 is 0 Å². The molecule has 0 atom stereocenters. The fourth-order valence-electron chi connectivity index (χ4n) is 1.25. The predicted octanol–water partition coefficient (Wildman–Crippen LogP) is 3.39. The van der Waals surface area contributed by atoms with Gasteiger partial charge in [-0.25, -0.2) is 0 Å². The van der Waals surface area contributed by atoms with Crippen LogP contribution in [-0.2, 0) is 13.3 Å². The Kier molecular flexibility index (Phi) is 7.97. The van der Waals surface area contributed by atoms with Crippen LogP contribution in [0.15, 0.2) is 0 Å². The molecule has 0 rings (SSSR count). The highest BCUT2D eigenvalue weighted by atomic mass is 28.4. The Morgan fingerprint density at radius 2 is 0.737 bits per heavy atom. The second kappa shape index (κ2) is 7.67. The van der Waals surface area contributed by atoms with Crippen molar-refractivity contribution in [3.8, 4) is 0 Å². The van der Waals surface area contributed by atoms with Gasteiger partial charge in [0.2, 0.25) is 0 Å². The van der Waals surface area contributed by atoms with E-state index in [2.05, 4.69) is 58.9 Å². The molecule has 19 heavy (non-hydrogen) atoms. The highest BCUT2D eigenvalue weighted by Gasteiger charge is 2.24. The number of hydrogen-bond acceptors (Lipinski definition) is 3. The predicted molar refractivity (Wildman–Crippen MR) is 95.0 cm³/mol. The zero-order valence-electron chi connectivity index (χ0n) is 14.4. The topological polar surface area (TPSA) is 27.7 Å². The lowest BCUT2D eigenvalue weighted by Crippen LogP contribution is -2.44. The zero-order valence-corrected chi connectivity index (χ0v) is 18.6. The second-order valence-electron chi connectivity index (χ2n) is 8.14. The van der Waals surface area contributed by atoms with E-state index in [1.165, 1.54) is 0 Å². The van der Waals surface area contributed by atoms with Crippen molar-refractivity contribution in [1.82, 2.24) is 0 Å². The van der Waals surface area contributed by atoms with E-state index in [0.29, 0.717) is 0 Å². The van der Waals surface area contributed by atoms with Crippen LogP contribution in [0, 0.1) is 0 Å². The highest BCUT2D eigenvalue weighted by molar-refractivity contribution is 6.73. The molecule has 0 aromatic rings. The van der Waals surface area contributed by atoms with Crippen molar-refractivity contribution in [2.45, 2.75) is 58.9 Å². The third-order valence-electron chi connectivity index (χ3n) is 2.26. The average Bonchev–Trinajstić information content (AvgIpc) is 2.11. The molecule has 3 nitrogen and oxygen atoms in total. The van der Waals surface area contributed by atoms with E-state index in [0.717, 1.165) is 18.7 Å². The summed E-state index contributed by atoms with van der Waals surface area (Å²) >= 11 is 0. The van der Waals surface area contributed by atoms with E-state index < -0.39 is 33.7 Å². The molecule has 0 aliphatic carbocycles. The van der Waals surface area contributed by atoms with Crippen molar-refractivity contribution in [1.29, 1.82) is 0 Å². The summed E-state index contributed by atoms with van der Waals surface area (Å²) in [4.78, 5) is 0. The summed E-state index contributed by atoms with van der Waals surface area (Å²) in [5.41, 5.74) is 0.